The molecule has 0 fully saturated rings. The third-order valence-corrected chi connectivity index (χ3v) is 3.11. The predicted octanol–water partition coefficient (Wildman–Crippen LogP) is 2.58. The summed E-state index contributed by atoms with van der Waals surface area (Å²) >= 11 is 0. The summed E-state index contributed by atoms with van der Waals surface area (Å²) in [5, 5.41) is 0. The van der Waals surface area contributed by atoms with Gasteiger partial charge in [0.2, 0.25) is 5.91 Å². The average molecular weight is 262 g/mol. The second-order valence-corrected chi connectivity index (χ2v) is 5.56. The van der Waals surface area contributed by atoms with Crippen molar-refractivity contribution in [2.24, 2.45) is 11.7 Å². The van der Waals surface area contributed by atoms with Crippen molar-refractivity contribution in [2.45, 2.75) is 39.7 Å². The number of hydrogen-bond donors (Lipinski definition) is 1. The molecule has 0 radical (unpaired) electrons. The first kappa shape index (κ1) is 15.7. The van der Waals surface area contributed by atoms with Gasteiger partial charge >= 0.3 is 0 Å². The summed E-state index contributed by atoms with van der Waals surface area (Å²) in [4.78, 5) is 13.6. The van der Waals surface area contributed by atoms with E-state index in [1.807, 2.05) is 7.05 Å². The summed E-state index contributed by atoms with van der Waals surface area (Å²) in [6.07, 6.45) is 2.40. The van der Waals surface area contributed by atoms with E-state index >= 15 is 0 Å². The molecule has 2 N–H and O–H groups in total. The Balaban J connectivity index is 2.50. The van der Waals surface area contributed by atoms with Crippen LogP contribution in [0.4, 0.5) is 0 Å². The quantitative estimate of drug-likeness (QED) is 0.821. The van der Waals surface area contributed by atoms with Crippen LogP contribution in [0.25, 0.3) is 0 Å². The highest BCUT2D eigenvalue weighted by atomic mass is 16.2. The van der Waals surface area contributed by atoms with Gasteiger partial charge < -0.3 is 10.6 Å². The fourth-order valence-corrected chi connectivity index (χ4v) is 2.06. The normalized spacial score (nSPS) is 10.8. The highest BCUT2D eigenvalue weighted by Gasteiger charge is 2.08. The first-order chi connectivity index (χ1) is 9.02. The number of carbonyl (C=O) groups excluding carboxylic acids is 1. The Morgan fingerprint density at radius 1 is 1.21 bits per heavy atom. The van der Waals surface area contributed by atoms with E-state index in [1.165, 1.54) is 11.1 Å². The van der Waals surface area contributed by atoms with Crippen molar-refractivity contribution in [3.63, 3.8) is 0 Å². The standard InChI is InChI=1S/C16H26N2O/c1-13(2)11-14-6-8-15(9-7-14)12-18(3)16(19)5-4-10-17/h6-9,13H,4-5,10-12,17H2,1-3H3. The van der Waals surface area contributed by atoms with E-state index in [-0.39, 0.29) is 5.91 Å². The molecule has 0 aliphatic rings. The van der Waals surface area contributed by atoms with Crippen LogP contribution in [0.3, 0.4) is 0 Å². The Labute approximate surface area is 116 Å². The van der Waals surface area contributed by atoms with Crippen molar-refractivity contribution >= 4 is 5.91 Å². The van der Waals surface area contributed by atoms with E-state index in [0.717, 1.165) is 12.8 Å². The van der Waals surface area contributed by atoms with E-state index in [2.05, 4.69) is 38.1 Å². The van der Waals surface area contributed by atoms with Crippen LogP contribution in [0.5, 0.6) is 0 Å². The van der Waals surface area contributed by atoms with Gasteiger partial charge in [-0.25, -0.2) is 0 Å². The molecular weight excluding hydrogens is 236 g/mol. The van der Waals surface area contributed by atoms with Crippen molar-refractivity contribution in [1.82, 2.24) is 4.90 Å². The van der Waals surface area contributed by atoms with Gasteiger partial charge in [-0.05, 0) is 36.4 Å². The molecule has 0 aliphatic heterocycles. The van der Waals surface area contributed by atoms with Crippen molar-refractivity contribution < 1.29 is 4.79 Å². The lowest BCUT2D eigenvalue weighted by Crippen LogP contribution is -2.26. The lowest BCUT2D eigenvalue weighted by atomic mass is 10.0. The van der Waals surface area contributed by atoms with Crippen LogP contribution in [0.1, 0.15) is 37.8 Å². The number of nitrogens with zero attached hydrogens (tertiary/aromatic N) is 1. The number of carbonyl (C=O) groups is 1. The molecule has 3 nitrogen and oxygen atoms in total. The molecular formula is C16H26N2O. The van der Waals surface area contributed by atoms with E-state index in [0.29, 0.717) is 25.4 Å². The van der Waals surface area contributed by atoms with Crippen LogP contribution in [0.2, 0.25) is 0 Å². The van der Waals surface area contributed by atoms with E-state index in [9.17, 15) is 4.79 Å². The molecule has 1 rings (SSSR count). The zero-order valence-electron chi connectivity index (χ0n) is 12.4. The fraction of sp³-hybridized carbons (Fsp3) is 0.562. The van der Waals surface area contributed by atoms with Gasteiger partial charge in [-0.1, -0.05) is 38.1 Å². The number of nitrogens with two attached hydrogens (primary N) is 1. The summed E-state index contributed by atoms with van der Waals surface area (Å²) in [5.41, 5.74) is 7.95. The zero-order chi connectivity index (χ0) is 14.3. The molecule has 0 bridgehead atoms. The van der Waals surface area contributed by atoms with Gasteiger partial charge in [0.25, 0.3) is 0 Å². The second-order valence-electron chi connectivity index (χ2n) is 5.56. The van der Waals surface area contributed by atoms with Crippen LogP contribution in [-0.4, -0.2) is 24.4 Å². The molecule has 1 aromatic rings. The van der Waals surface area contributed by atoms with Crippen molar-refractivity contribution in [1.29, 1.82) is 0 Å². The monoisotopic (exact) mass is 262 g/mol. The van der Waals surface area contributed by atoms with Crippen molar-refractivity contribution in [2.75, 3.05) is 13.6 Å². The molecule has 0 unspecified atom stereocenters. The van der Waals surface area contributed by atoms with Crippen LogP contribution in [0.15, 0.2) is 24.3 Å². The molecule has 1 amide bonds. The van der Waals surface area contributed by atoms with Gasteiger partial charge in [0, 0.05) is 20.0 Å². The SMILES string of the molecule is CC(C)Cc1ccc(CN(C)C(=O)CCCN)cc1. The Bertz CT molecular complexity index is 384. The molecule has 3 heteroatoms. The molecule has 0 heterocycles. The fourth-order valence-electron chi connectivity index (χ4n) is 2.06. The van der Waals surface area contributed by atoms with E-state index in [4.69, 9.17) is 5.73 Å². The number of amides is 1. The summed E-state index contributed by atoms with van der Waals surface area (Å²) in [6.45, 7) is 5.68. The molecule has 1 aromatic carbocycles. The zero-order valence-corrected chi connectivity index (χ0v) is 12.4. The summed E-state index contributed by atoms with van der Waals surface area (Å²) in [5.74, 6) is 0.836. The maximum atomic E-state index is 11.8. The van der Waals surface area contributed by atoms with Crippen LogP contribution in [0, 0.1) is 5.92 Å². The first-order valence-electron chi connectivity index (χ1n) is 7.04. The van der Waals surface area contributed by atoms with Crippen LogP contribution >= 0.6 is 0 Å². The Morgan fingerprint density at radius 3 is 2.32 bits per heavy atom. The van der Waals surface area contributed by atoms with Crippen molar-refractivity contribution in [3.8, 4) is 0 Å². The van der Waals surface area contributed by atoms with Crippen LogP contribution < -0.4 is 5.73 Å². The van der Waals surface area contributed by atoms with Crippen molar-refractivity contribution in [3.05, 3.63) is 35.4 Å². The summed E-state index contributed by atoms with van der Waals surface area (Å²) < 4.78 is 0. The highest BCUT2D eigenvalue weighted by Crippen LogP contribution is 2.11. The van der Waals surface area contributed by atoms with Gasteiger partial charge in [0.05, 0.1) is 0 Å². The molecule has 0 saturated heterocycles. The van der Waals surface area contributed by atoms with Crippen LogP contribution in [-0.2, 0) is 17.8 Å². The molecule has 0 spiro atoms. The minimum Gasteiger partial charge on any atom is -0.341 e. The molecule has 0 aliphatic carbocycles. The third-order valence-electron chi connectivity index (χ3n) is 3.11. The Hall–Kier alpha value is -1.35. The number of benzene rings is 1. The van der Waals surface area contributed by atoms with Gasteiger partial charge in [-0.2, -0.15) is 0 Å². The molecule has 0 saturated carbocycles. The van der Waals surface area contributed by atoms with Gasteiger partial charge in [0.1, 0.15) is 0 Å². The minimum absolute atomic E-state index is 0.164. The van der Waals surface area contributed by atoms with Gasteiger partial charge in [-0.3, -0.25) is 4.79 Å². The van der Waals surface area contributed by atoms with Gasteiger partial charge in [0.15, 0.2) is 0 Å². The predicted molar refractivity (Wildman–Crippen MR) is 79.7 cm³/mol. The largest absolute Gasteiger partial charge is 0.341 e. The Kier molecular flexibility index (Phi) is 6.57. The number of hydrogen-bond acceptors (Lipinski definition) is 2. The lowest BCUT2D eigenvalue weighted by molar-refractivity contribution is -0.130. The Morgan fingerprint density at radius 2 is 1.79 bits per heavy atom. The smallest absolute Gasteiger partial charge is 0.222 e. The average Bonchev–Trinajstić information content (AvgIpc) is 2.37. The third kappa shape index (κ3) is 5.88. The summed E-state index contributed by atoms with van der Waals surface area (Å²) in [6, 6.07) is 8.55. The molecule has 106 valence electrons. The molecule has 19 heavy (non-hydrogen) atoms. The molecule has 0 atom stereocenters. The topological polar surface area (TPSA) is 46.3 Å². The van der Waals surface area contributed by atoms with E-state index in [1.54, 1.807) is 4.90 Å². The lowest BCUT2D eigenvalue weighted by Gasteiger charge is -2.17. The maximum Gasteiger partial charge on any atom is 0.222 e. The summed E-state index contributed by atoms with van der Waals surface area (Å²) in [7, 11) is 1.85. The number of rotatable bonds is 7. The minimum atomic E-state index is 0.164. The second kappa shape index (κ2) is 7.95. The maximum absolute atomic E-state index is 11.8. The van der Waals surface area contributed by atoms with E-state index < -0.39 is 0 Å². The van der Waals surface area contributed by atoms with Gasteiger partial charge in [-0.15, -0.1) is 0 Å². The first-order valence-corrected chi connectivity index (χ1v) is 7.04. The highest BCUT2D eigenvalue weighted by molar-refractivity contribution is 5.75. The molecule has 0 aromatic heterocycles.